The van der Waals surface area contributed by atoms with Gasteiger partial charge in [-0.3, -0.25) is 0 Å². The molecule has 0 bridgehead atoms. The van der Waals surface area contributed by atoms with Gasteiger partial charge in [0.15, 0.2) is 0 Å². The first-order valence-corrected chi connectivity index (χ1v) is 4.19. The van der Waals surface area contributed by atoms with E-state index in [0.717, 1.165) is 6.07 Å². The average Bonchev–Trinajstić information content (AvgIpc) is 2.47. The lowest BCUT2D eigenvalue weighted by molar-refractivity contribution is -0.137. The average molecular weight is 220 g/mol. The van der Waals surface area contributed by atoms with Crippen molar-refractivity contribution in [1.82, 2.24) is 4.98 Å². The van der Waals surface area contributed by atoms with E-state index in [0.29, 0.717) is 10.8 Å². The second-order valence-electron chi connectivity index (χ2n) is 2.91. The van der Waals surface area contributed by atoms with Crippen molar-refractivity contribution in [3.63, 3.8) is 0 Å². The van der Waals surface area contributed by atoms with Crippen molar-refractivity contribution >= 4 is 22.4 Å². The standard InChI is InChI=1S/C9H5ClF3N/c10-8-2-6-4-14-3-5(6)1-7(8)9(11,12)13/h1-4,14H. The summed E-state index contributed by atoms with van der Waals surface area (Å²) in [7, 11) is 0. The number of aromatic amines is 1. The van der Waals surface area contributed by atoms with Crippen LogP contribution in [0.4, 0.5) is 13.2 Å². The molecule has 0 radical (unpaired) electrons. The molecule has 1 aromatic carbocycles. The van der Waals surface area contributed by atoms with E-state index in [-0.39, 0.29) is 5.02 Å². The van der Waals surface area contributed by atoms with Gasteiger partial charge in [-0.2, -0.15) is 13.2 Å². The Labute approximate surface area is 82.5 Å². The first kappa shape index (κ1) is 9.40. The van der Waals surface area contributed by atoms with E-state index in [9.17, 15) is 13.2 Å². The van der Waals surface area contributed by atoms with Gasteiger partial charge in [0.1, 0.15) is 0 Å². The molecule has 2 aromatic rings. The van der Waals surface area contributed by atoms with Crippen molar-refractivity contribution in [3.8, 4) is 0 Å². The number of alkyl halides is 3. The molecular weight excluding hydrogens is 215 g/mol. The molecule has 2 rings (SSSR count). The Bertz CT molecular complexity index is 472. The fourth-order valence-electron chi connectivity index (χ4n) is 1.29. The summed E-state index contributed by atoms with van der Waals surface area (Å²) in [6.07, 6.45) is -1.30. The van der Waals surface area contributed by atoms with Crippen LogP contribution in [0.2, 0.25) is 5.02 Å². The predicted octanol–water partition coefficient (Wildman–Crippen LogP) is 3.84. The monoisotopic (exact) mass is 219 g/mol. The predicted molar refractivity (Wildman–Crippen MR) is 48.3 cm³/mol. The van der Waals surface area contributed by atoms with E-state index in [2.05, 4.69) is 4.98 Å². The lowest BCUT2D eigenvalue weighted by atomic mass is 10.1. The van der Waals surface area contributed by atoms with E-state index >= 15 is 0 Å². The molecule has 0 fully saturated rings. The summed E-state index contributed by atoms with van der Waals surface area (Å²) in [5.74, 6) is 0. The first-order valence-electron chi connectivity index (χ1n) is 3.82. The van der Waals surface area contributed by atoms with Crippen molar-refractivity contribution in [2.24, 2.45) is 0 Å². The van der Waals surface area contributed by atoms with Crippen molar-refractivity contribution < 1.29 is 13.2 Å². The van der Waals surface area contributed by atoms with Crippen LogP contribution >= 0.6 is 11.6 Å². The first-order chi connectivity index (χ1) is 6.48. The number of H-pyrrole nitrogens is 1. The highest BCUT2D eigenvalue weighted by atomic mass is 35.5. The lowest BCUT2D eigenvalue weighted by Gasteiger charge is -2.08. The van der Waals surface area contributed by atoms with Gasteiger partial charge in [0, 0.05) is 17.8 Å². The number of fused-ring (bicyclic) bond motifs is 1. The molecule has 0 spiro atoms. The smallest absolute Gasteiger partial charge is 0.366 e. The minimum Gasteiger partial charge on any atom is -0.366 e. The Morgan fingerprint density at radius 2 is 1.64 bits per heavy atom. The quantitative estimate of drug-likeness (QED) is 0.693. The molecule has 14 heavy (non-hydrogen) atoms. The van der Waals surface area contributed by atoms with Crippen LogP contribution in [-0.4, -0.2) is 4.98 Å². The van der Waals surface area contributed by atoms with E-state index in [1.807, 2.05) is 0 Å². The molecule has 0 atom stereocenters. The van der Waals surface area contributed by atoms with Gasteiger partial charge in [-0.05, 0) is 17.5 Å². The summed E-state index contributed by atoms with van der Waals surface area (Å²) >= 11 is 5.51. The van der Waals surface area contributed by atoms with Gasteiger partial charge in [-0.15, -0.1) is 0 Å². The molecule has 0 amide bonds. The molecule has 0 saturated heterocycles. The molecule has 5 heteroatoms. The van der Waals surface area contributed by atoms with Crippen LogP contribution in [0.5, 0.6) is 0 Å². The number of halogens is 4. The number of benzene rings is 1. The van der Waals surface area contributed by atoms with Crippen LogP contribution in [0.25, 0.3) is 10.8 Å². The molecule has 74 valence electrons. The van der Waals surface area contributed by atoms with Crippen LogP contribution in [0, 0.1) is 0 Å². The zero-order valence-corrected chi connectivity index (χ0v) is 7.58. The van der Waals surface area contributed by atoms with Gasteiger partial charge >= 0.3 is 6.18 Å². The zero-order chi connectivity index (χ0) is 10.3. The third-order valence-corrected chi connectivity index (χ3v) is 2.27. The van der Waals surface area contributed by atoms with E-state index in [1.165, 1.54) is 12.3 Å². The molecule has 1 aromatic heterocycles. The van der Waals surface area contributed by atoms with Crippen LogP contribution in [0.1, 0.15) is 5.56 Å². The van der Waals surface area contributed by atoms with Crippen molar-refractivity contribution in [1.29, 1.82) is 0 Å². The number of hydrogen-bond acceptors (Lipinski definition) is 0. The zero-order valence-electron chi connectivity index (χ0n) is 6.82. The molecule has 0 aliphatic rings. The van der Waals surface area contributed by atoms with E-state index in [4.69, 9.17) is 11.6 Å². The van der Waals surface area contributed by atoms with E-state index in [1.54, 1.807) is 6.20 Å². The molecule has 0 aliphatic carbocycles. The second-order valence-corrected chi connectivity index (χ2v) is 3.32. The van der Waals surface area contributed by atoms with Gasteiger partial charge in [-0.25, -0.2) is 0 Å². The molecule has 1 heterocycles. The fraction of sp³-hybridized carbons (Fsp3) is 0.111. The summed E-state index contributed by atoms with van der Waals surface area (Å²) in [6, 6.07) is 2.34. The van der Waals surface area contributed by atoms with Gasteiger partial charge in [0.05, 0.1) is 10.6 Å². The normalized spacial score (nSPS) is 12.3. The topological polar surface area (TPSA) is 15.8 Å². The van der Waals surface area contributed by atoms with Crippen LogP contribution in [-0.2, 0) is 6.18 Å². The summed E-state index contributed by atoms with van der Waals surface area (Å²) in [5.41, 5.74) is -0.800. The lowest BCUT2D eigenvalue weighted by Crippen LogP contribution is -2.05. The molecular formula is C9H5ClF3N. The Morgan fingerprint density at radius 3 is 2.21 bits per heavy atom. The maximum atomic E-state index is 12.4. The maximum absolute atomic E-state index is 12.4. The third-order valence-electron chi connectivity index (χ3n) is 1.96. The Hall–Kier alpha value is -1.16. The third kappa shape index (κ3) is 1.46. The number of aromatic nitrogens is 1. The molecule has 0 saturated carbocycles. The SMILES string of the molecule is FC(F)(F)c1cc2c[nH]cc2cc1Cl. The number of hydrogen-bond donors (Lipinski definition) is 1. The van der Waals surface area contributed by atoms with Crippen LogP contribution in [0.15, 0.2) is 24.5 Å². The molecule has 1 nitrogen and oxygen atoms in total. The van der Waals surface area contributed by atoms with Crippen molar-refractivity contribution in [2.45, 2.75) is 6.18 Å². The van der Waals surface area contributed by atoms with Gasteiger partial charge < -0.3 is 4.98 Å². The summed E-state index contributed by atoms with van der Waals surface area (Å²) in [4.78, 5) is 2.72. The highest BCUT2D eigenvalue weighted by Crippen LogP contribution is 2.36. The minimum absolute atomic E-state index is 0.274. The highest BCUT2D eigenvalue weighted by Gasteiger charge is 2.33. The summed E-state index contributed by atoms with van der Waals surface area (Å²) in [6.45, 7) is 0. The Morgan fingerprint density at radius 1 is 1.07 bits per heavy atom. The summed E-state index contributed by atoms with van der Waals surface area (Å²) in [5, 5.41) is 0.898. The van der Waals surface area contributed by atoms with Crippen LogP contribution in [0.3, 0.4) is 0 Å². The van der Waals surface area contributed by atoms with Gasteiger partial charge in [0.25, 0.3) is 0 Å². The molecule has 1 N–H and O–H groups in total. The minimum atomic E-state index is -4.40. The Kier molecular flexibility index (Phi) is 1.96. The van der Waals surface area contributed by atoms with E-state index < -0.39 is 11.7 Å². The summed E-state index contributed by atoms with van der Waals surface area (Å²) < 4.78 is 37.2. The number of rotatable bonds is 0. The number of nitrogens with one attached hydrogen (secondary N) is 1. The van der Waals surface area contributed by atoms with Gasteiger partial charge in [0.2, 0.25) is 0 Å². The second kappa shape index (κ2) is 2.92. The molecule has 0 aliphatic heterocycles. The van der Waals surface area contributed by atoms with Gasteiger partial charge in [-0.1, -0.05) is 11.6 Å². The highest BCUT2D eigenvalue weighted by molar-refractivity contribution is 6.32. The Balaban J connectivity index is 2.71. The maximum Gasteiger partial charge on any atom is 0.417 e. The van der Waals surface area contributed by atoms with Crippen molar-refractivity contribution in [3.05, 3.63) is 35.1 Å². The van der Waals surface area contributed by atoms with Crippen molar-refractivity contribution in [2.75, 3.05) is 0 Å². The largest absolute Gasteiger partial charge is 0.417 e. The fourth-order valence-corrected chi connectivity index (χ4v) is 1.57. The molecule has 0 unspecified atom stereocenters. The van der Waals surface area contributed by atoms with Crippen LogP contribution < -0.4 is 0 Å².